The van der Waals surface area contributed by atoms with Crippen molar-refractivity contribution in [3.05, 3.63) is 11.8 Å². The van der Waals surface area contributed by atoms with Gasteiger partial charge in [-0.25, -0.2) is 4.79 Å². The molecule has 5 nitrogen and oxygen atoms in total. The minimum atomic E-state index is -0.301. The SMILES string of the molecule is CC1=CC(=O)CC(NC(=O)NC2(C)CCCCC2)N1. The van der Waals surface area contributed by atoms with Gasteiger partial charge < -0.3 is 16.0 Å². The predicted molar refractivity (Wildman–Crippen MR) is 73.5 cm³/mol. The van der Waals surface area contributed by atoms with Crippen molar-refractivity contribution < 1.29 is 9.59 Å². The lowest BCUT2D eigenvalue weighted by Crippen LogP contribution is -2.56. The van der Waals surface area contributed by atoms with Crippen LogP contribution < -0.4 is 16.0 Å². The molecule has 1 fully saturated rings. The van der Waals surface area contributed by atoms with Crippen molar-refractivity contribution in [1.29, 1.82) is 0 Å². The van der Waals surface area contributed by atoms with Gasteiger partial charge in [0.25, 0.3) is 0 Å². The summed E-state index contributed by atoms with van der Waals surface area (Å²) in [4.78, 5) is 23.4. The van der Waals surface area contributed by atoms with Crippen LogP contribution in [0.3, 0.4) is 0 Å². The van der Waals surface area contributed by atoms with E-state index in [0.717, 1.165) is 18.5 Å². The van der Waals surface area contributed by atoms with Gasteiger partial charge in [0.15, 0.2) is 5.78 Å². The molecular formula is C14H23N3O2. The molecule has 0 aromatic rings. The summed E-state index contributed by atoms with van der Waals surface area (Å²) in [5.74, 6) is 0.0467. The Morgan fingerprint density at radius 3 is 2.68 bits per heavy atom. The molecule has 2 amide bonds. The van der Waals surface area contributed by atoms with Gasteiger partial charge in [0, 0.05) is 17.7 Å². The maximum absolute atomic E-state index is 12.0. The number of ketones is 1. The van der Waals surface area contributed by atoms with Crippen LogP contribution >= 0.6 is 0 Å². The molecule has 0 bridgehead atoms. The maximum atomic E-state index is 12.0. The number of rotatable bonds is 2. The summed E-state index contributed by atoms with van der Waals surface area (Å²) >= 11 is 0. The van der Waals surface area contributed by atoms with Crippen molar-refractivity contribution in [2.45, 2.75) is 64.1 Å². The third kappa shape index (κ3) is 3.98. The minimum Gasteiger partial charge on any atom is -0.368 e. The Kier molecular flexibility index (Phi) is 4.12. The summed E-state index contributed by atoms with van der Waals surface area (Å²) in [5, 5.41) is 8.98. The second kappa shape index (κ2) is 5.63. The predicted octanol–water partition coefficient (Wildman–Crippen LogP) is 1.80. The number of carbonyl (C=O) groups excluding carboxylic acids is 2. The number of hydrogen-bond donors (Lipinski definition) is 3. The Morgan fingerprint density at radius 1 is 1.37 bits per heavy atom. The van der Waals surface area contributed by atoms with Gasteiger partial charge in [0.2, 0.25) is 0 Å². The van der Waals surface area contributed by atoms with Crippen molar-refractivity contribution in [2.75, 3.05) is 0 Å². The Hall–Kier alpha value is -1.52. The van der Waals surface area contributed by atoms with Crippen LogP contribution in [0.25, 0.3) is 0 Å². The fourth-order valence-corrected chi connectivity index (χ4v) is 2.88. The second-order valence-electron chi connectivity index (χ2n) is 5.91. The molecule has 1 saturated carbocycles. The van der Waals surface area contributed by atoms with E-state index in [9.17, 15) is 9.59 Å². The number of amides is 2. The third-order valence-corrected chi connectivity index (χ3v) is 3.86. The van der Waals surface area contributed by atoms with Crippen molar-refractivity contribution in [2.24, 2.45) is 0 Å². The van der Waals surface area contributed by atoms with Crippen LogP contribution in [-0.4, -0.2) is 23.5 Å². The van der Waals surface area contributed by atoms with Crippen LogP contribution in [0.15, 0.2) is 11.8 Å². The van der Waals surface area contributed by atoms with Gasteiger partial charge in [-0.3, -0.25) is 4.79 Å². The van der Waals surface area contributed by atoms with Crippen LogP contribution in [0, 0.1) is 0 Å². The molecule has 1 atom stereocenters. The summed E-state index contributed by atoms with van der Waals surface area (Å²) in [5.41, 5.74) is 0.691. The fourth-order valence-electron chi connectivity index (χ4n) is 2.88. The molecule has 5 heteroatoms. The van der Waals surface area contributed by atoms with Crippen molar-refractivity contribution >= 4 is 11.8 Å². The molecule has 2 aliphatic rings. The summed E-state index contributed by atoms with van der Waals surface area (Å²) in [7, 11) is 0. The summed E-state index contributed by atoms with van der Waals surface area (Å²) in [6.07, 6.45) is 7.20. The Balaban J connectivity index is 1.84. The van der Waals surface area contributed by atoms with E-state index in [1.807, 2.05) is 6.92 Å². The first-order valence-corrected chi connectivity index (χ1v) is 7.03. The highest BCUT2D eigenvalue weighted by atomic mass is 16.2. The smallest absolute Gasteiger partial charge is 0.316 e. The standard InChI is InChI=1S/C14H23N3O2/c1-10-8-11(18)9-12(15-10)16-13(19)17-14(2)6-4-3-5-7-14/h8,12,15H,3-7,9H2,1-2H3,(H2,16,17,19). The molecule has 3 N–H and O–H groups in total. The Labute approximate surface area is 114 Å². The van der Waals surface area contributed by atoms with Gasteiger partial charge in [-0.05, 0) is 32.8 Å². The van der Waals surface area contributed by atoms with Crippen molar-refractivity contribution in [1.82, 2.24) is 16.0 Å². The molecule has 106 valence electrons. The Bertz CT molecular complexity index is 397. The molecule has 1 heterocycles. The van der Waals surface area contributed by atoms with Crippen molar-refractivity contribution in [3.8, 4) is 0 Å². The Morgan fingerprint density at radius 2 is 2.05 bits per heavy atom. The molecule has 0 aromatic carbocycles. The van der Waals surface area contributed by atoms with E-state index in [0.29, 0.717) is 6.42 Å². The van der Waals surface area contributed by atoms with Gasteiger partial charge in [-0.15, -0.1) is 0 Å². The lowest BCUT2D eigenvalue weighted by Gasteiger charge is -2.35. The largest absolute Gasteiger partial charge is 0.368 e. The summed E-state index contributed by atoms with van der Waals surface area (Å²) in [6.45, 7) is 3.92. The van der Waals surface area contributed by atoms with E-state index in [1.165, 1.54) is 19.3 Å². The van der Waals surface area contributed by atoms with Gasteiger partial charge in [0.1, 0.15) is 6.17 Å². The number of allylic oxidation sites excluding steroid dienone is 2. The number of urea groups is 1. The molecule has 1 aliphatic heterocycles. The van der Waals surface area contributed by atoms with E-state index >= 15 is 0 Å². The molecule has 0 aromatic heterocycles. The number of nitrogens with one attached hydrogen (secondary N) is 3. The highest BCUT2D eigenvalue weighted by Gasteiger charge is 2.29. The van der Waals surface area contributed by atoms with E-state index in [-0.39, 0.29) is 23.5 Å². The molecule has 1 unspecified atom stereocenters. The number of hydrogen-bond acceptors (Lipinski definition) is 3. The number of carbonyl (C=O) groups is 2. The monoisotopic (exact) mass is 265 g/mol. The van der Waals surface area contributed by atoms with Gasteiger partial charge >= 0.3 is 6.03 Å². The maximum Gasteiger partial charge on any atom is 0.316 e. The van der Waals surface area contributed by atoms with E-state index in [4.69, 9.17) is 0 Å². The molecular weight excluding hydrogens is 242 g/mol. The first-order valence-electron chi connectivity index (χ1n) is 7.03. The normalized spacial score (nSPS) is 26.1. The van der Waals surface area contributed by atoms with Gasteiger partial charge in [0.05, 0.1) is 0 Å². The zero-order chi connectivity index (χ0) is 13.9. The zero-order valence-electron chi connectivity index (χ0n) is 11.7. The average Bonchev–Trinajstić information content (AvgIpc) is 2.27. The molecule has 2 rings (SSSR count). The van der Waals surface area contributed by atoms with Crippen molar-refractivity contribution in [3.63, 3.8) is 0 Å². The quantitative estimate of drug-likeness (QED) is 0.713. The molecule has 1 aliphatic carbocycles. The third-order valence-electron chi connectivity index (χ3n) is 3.86. The summed E-state index contributed by atoms with van der Waals surface area (Å²) in [6, 6.07) is -0.190. The zero-order valence-corrected chi connectivity index (χ0v) is 11.7. The van der Waals surface area contributed by atoms with Gasteiger partial charge in [-0.2, -0.15) is 0 Å². The van der Waals surface area contributed by atoms with Crippen LogP contribution in [0.1, 0.15) is 52.4 Å². The van der Waals surface area contributed by atoms with Crippen LogP contribution in [0.2, 0.25) is 0 Å². The average molecular weight is 265 g/mol. The van der Waals surface area contributed by atoms with Crippen LogP contribution in [0.5, 0.6) is 0 Å². The minimum absolute atomic E-state index is 0.0467. The van der Waals surface area contributed by atoms with E-state index < -0.39 is 0 Å². The first kappa shape index (κ1) is 13.9. The topological polar surface area (TPSA) is 70.2 Å². The molecule has 0 spiro atoms. The highest BCUT2D eigenvalue weighted by Crippen LogP contribution is 2.27. The molecule has 19 heavy (non-hydrogen) atoms. The summed E-state index contributed by atoms with van der Waals surface area (Å²) < 4.78 is 0. The molecule has 0 saturated heterocycles. The van der Waals surface area contributed by atoms with Crippen LogP contribution in [-0.2, 0) is 4.79 Å². The fraction of sp³-hybridized carbons (Fsp3) is 0.714. The lowest BCUT2D eigenvalue weighted by molar-refractivity contribution is -0.115. The van der Waals surface area contributed by atoms with Gasteiger partial charge in [-0.1, -0.05) is 19.3 Å². The molecule has 0 radical (unpaired) electrons. The van der Waals surface area contributed by atoms with E-state index in [1.54, 1.807) is 6.08 Å². The van der Waals surface area contributed by atoms with E-state index in [2.05, 4.69) is 22.9 Å². The van der Waals surface area contributed by atoms with Crippen LogP contribution in [0.4, 0.5) is 4.79 Å². The second-order valence-corrected chi connectivity index (χ2v) is 5.91. The highest BCUT2D eigenvalue weighted by molar-refractivity contribution is 5.92. The first-order chi connectivity index (χ1) is 8.97. The lowest BCUT2D eigenvalue weighted by atomic mass is 9.83.